The quantitative estimate of drug-likeness (QED) is 0.578. The van der Waals surface area contributed by atoms with Crippen LogP contribution in [0.3, 0.4) is 0 Å². The van der Waals surface area contributed by atoms with Crippen molar-refractivity contribution in [3.63, 3.8) is 0 Å². The largest absolute Gasteiger partial charge is 0.431 e. The van der Waals surface area contributed by atoms with Crippen LogP contribution in [-0.2, 0) is 7.05 Å². The number of alkyl halides is 2. The van der Waals surface area contributed by atoms with Gasteiger partial charge in [0.15, 0.2) is 11.6 Å². The van der Waals surface area contributed by atoms with Gasteiger partial charge in [-0.15, -0.1) is 0 Å². The number of nitrogen functional groups attached to an aromatic ring is 1. The molecule has 3 aromatic heterocycles. The summed E-state index contributed by atoms with van der Waals surface area (Å²) in [6.45, 7) is -3.04. The minimum absolute atomic E-state index is 0.212. The van der Waals surface area contributed by atoms with E-state index >= 15 is 0 Å². The van der Waals surface area contributed by atoms with E-state index < -0.39 is 6.61 Å². The van der Waals surface area contributed by atoms with E-state index in [1.54, 1.807) is 30.1 Å². The van der Waals surface area contributed by atoms with Crippen molar-refractivity contribution in [3.05, 3.63) is 48.7 Å². The summed E-state index contributed by atoms with van der Waals surface area (Å²) in [5.41, 5.74) is 8.59. The summed E-state index contributed by atoms with van der Waals surface area (Å²) in [5, 5.41) is 4.42. The zero-order chi connectivity index (χ0) is 19.8. The molecule has 0 radical (unpaired) electrons. The van der Waals surface area contributed by atoms with Gasteiger partial charge in [-0.1, -0.05) is 0 Å². The average molecular weight is 386 g/mol. The Morgan fingerprint density at radius 1 is 1.11 bits per heavy atom. The fourth-order valence-electron chi connectivity index (χ4n) is 2.85. The van der Waals surface area contributed by atoms with Crippen LogP contribution in [0.15, 0.2) is 42.9 Å². The highest BCUT2D eigenvalue weighted by Crippen LogP contribution is 2.35. The van der Waals surface area contributed by atoms with Crippen molar-refractivity contribution in [2.45, 2.75) is 6.61 Å². The summed E-state index contributed by atoms with van der Waals surface area (Å²) in [6, 6.07) is 7.14. The van der Waals surface area contributed by atoms with Crippen LogP contribution in [0, 0.1) is 5.82 Å². The molecule has 0 aliphatic heterocycles. The van der Waals surface area contributed by atoms with Gasteiger partial charge in [-0.2, -0.15) is 13.9 Å². The summed E-state index contributed by atoms with van der Waals surface area (Å²) in [7, 11) is 1.73. The molecule has 7 nitrogen and oxygen atoms in total. The predicted octanol–water partition coefficient (Wildman–Crippen LogP) is 3.42. The first-order valence-electron chi connectivity index (χ1n) is 8.08. The normalized spacial score (nSPS) is 11.3. The van der Waals surface area contributed by atoms with Crippen molar-refractivity contribution in [2.75, 3.05) is 5.73 Å². The van der Waals surface area contributed by atoms with Crippen molar-refractivity contribution < 1.29 is 17.9 Å². The topological polar surface area (TPSA) is 91.7 Å². The molecule has 28 heavy (non-hydrogen) atoms. The summed E-state index contributed by atoms with van der Waals surface area (Å²) in [5.74, 6) is -0.845. The van der Waals surface area contributed by atoms with Crippen molar-refractivity contribution in [3.8, 4) is 28.3 Å². The molecule has 0 fully saturated rings. The smallest absolute Gasteiger partial charge is 0.387 e. The zero-order valence-electron chi connectivity index (χ0n) is 14.5. The van der Waals surface area contributed by atoms with E-state index in [2.05, 4.69) is 24.8 Å². The molecule has 142 valence electrons. The van der Waals surface area contributed by atoms with Gasteiger partial charge in [0.1, 0.15) is 29.0 Å². The Morgan fingerprint density at radius 2 is 1.86 bits per heavy atom. The monoisotopic (exact) mass is 386 g/mol. The lowest BCUT2D eigenvalue weighted by Gasteiger charge is -2.10. The summed E-state index contributed by atoms with van der Waals surface area (Å²) in [6.07, 6.45) is 3.00. The van der Waals surface area contributed by atoms with E-state index in [0.29, 0.717) is 28.0 Å². The molecule has 10 heteroatoms. The Kier molecular flexibility index (Phi) is 4.30. The van der Waals surface area contributed by atoms with Crippen LogP contribution in [0.1, 0.15) is 0 Å². The van der Waals surface area contributed by atoms with Gasteiger partial charge in [-0.25, -0.2) is 19.3 Å². The average Bonchev–Trinajstić information content (AvgIpc) is 3.03. The second-order valence-corrected chi connectivity index (χ2v) is 5.91. The molecule has 0 unspecified atom stereocenters. The number of anilines is 1. The van der Waals surface area contributed by atoms with Gasteiger partial charge in [0.25, 0.3) is 0 Å². The molecule has 3 heterocycles. The van der Waals surface area contributed by atoms with Crippen LogP contribution in [0.2, 0.25) is 0 Å². The zero-order valence-corrected chi connectivity index (χ0v) is 14.5. The SMILES string of the molecule is Cn1cc(-c2ncnc3cc(OC(F)F)c(N)nc23)c(-c2ccc(F)cc2)n1. The highest BCUT2D eigenvalue weighted by molar-refractivity contribution is 5.94. The Bertz CT molecular complexity index is 1160. The molecule has 1 aromatic carbocycles. The highest BCUT2D eigenvalue weighted by atomic mass is 19.3. The number of rotatable bonds is 4. The van der Waals surface area contributed by atoms with Crippen molar-refractivity contribution in [1.29, 1.82) is 0 Å². The summed E-state index contributed by atoms with van der Waals surface area (Å²) < 4.78 is 44.3. The second-order valence-electron chi connectivity index (χ2n) is 5.91. The van der Waals surface area contributed by atoms with Crippen molar-refractivity contribution >= 4 is 16.9 Å². The third-order valence-electron chi connectivity index (χ3n) is 4.02. The molecular formula is C18H13F3N6O. The number of hydrogen-bond donors (Lipinski definition) is 1. The van der Waals surface area contributed by atoms with Crippen molar-refractivity contribution in [2.24, 2.45) is 7.05 Å². The molecule has 0 aliphatic rings. The lowest BCUT2D eigenvalue weighted by molar-refractivity contribution is -0.0494. The lowest BCUT2D eigenvalue weighted by Crippen LogP contribution is -2.06. The number of benzene rings is 1. The number of hydrogen-bond acceptors (Lipinski definition) is 6. The van der Waals surface area contributed by atoms with Gasteiger partial charge in [0.2, 0.25) is 0 Å². The van der Waals surface area contributed by atoms with E-state index in [4.69, 9.17) is 5.73 Å². The maximum atomic E-state index is 13.3. The fourth-order valence-corrected chi connectivity index (χ4v) is 2.85. The molecule has 0 saturated heterocycles. The van der Waals surface area contributed by atoms with E-state index in [1.807, 2.05) is 0 Å². The van der Waals surface area contributed by atoms with Crippen LogP contribution >= 0.6 is 0 Å². The van der Waals surface area contributed by atoms with Gasteiger partial charge in [-0.3, -0.25) is 4.68 Å². The number of aryl methyl sites for hydroxylation is 1. The number of aromatic nitrogens is 5. The van der Waals surface area contributed by atoms with E-state index in [9.17, 15) is 13.2 Å². The van der Waals surface area contributed by atoms with Crippen LogP contribution in [-0.4, -0.2) is 31.3 Å². The standard InChI is InChI=1S/C18H13F3N6O/c1-27-7-11(14(26-27)9-2-4-10(19)5-3-9)15-16-12(23-8-24-15)6-13(17(22)25-16)28-18(20)21/h2-8,18H,1H3,(H2,22,25). The molecule has 0 aliphatic carbocycles. The van der Waals surface area contributed by atoms with Gasteiger partial charge < -0.3 is 10.5 Å². The van der Waals surface area contributed by atoms with Crippen LogP contribution in [0.5, 0.6) is 5.75 Å². The molecule has 0 atom stereocenters. The third kappa shape index (κ3) is 3.20. The molecule has 0 bridgehead atoms. The highest BCUT2D eigenvalue weighted by Gasteiger charge is 2.19. The minimum Gasteiger partial charge on any atom is -0.431 e. The fraction of sp³-hybridized carbons (Fsp3) is 0.111. The molecular weight excluding hydrogens is 373 g/mol. The molecule has 0 spiro atoms. The number of halogens is 3. The first-order chi connectivity index (χ1) is 13.4. The Morgan fingerprint density at radius 3 is 2.57 bits per heavy atom. The number of pyridine rings is 1. The Balaban J connectivity index is 1.91. The third-order valence-corrected chi connectivity index (χ3v) is 4.02. The Hall–Kier alpha value is -3.69. The minimum atomic E-state index is -3.04. The van der Waals surface area contributed by atoms with Gasteiger partial charge in [0, 0.05) is 30.4 Å². The van der Waals surface area contributed by atoms with E-state index in [1.165, 1.54) is 24.5 Å². The second kappa shape index (κ2) is 6.80. The van der Waals surface area contributed by atoms with Crippen LogP contribution in [0.25, 0.3) is 33.5 Å². The predicted molar refractivity (Wildman–Crippen MR) is 96.0 cm³/mol. The van der Waals surface area contributed by atoms with Gasteiger partial charge in [-0.05, 0) is 24.3 Å². The van der Waals surface area contributed by atoms with Crippen LogP contribution < -0.4 is 10.5 Å². The molecule has 4 rings (SSSR count). The number of fused-ring (bicyclic) bond motifs is 1. The molecule has 0 amide bonds. The number of nitrogens with zero attached hydrogens (tertiary/aromatic N) is 5. The maximum Gasteiger partial charge on any atom is 0.387 e. The van der Waals surface area contributed by atoms with Crippen LogP contribution in [0.4, 0.5) is 19.0 Å². The maximum absolute atomic E-state index is 13.3. The summed E-state index contributed by atoms with van der Waals surface area (Å²) in [4.78, 5) is 12.5. The first kappa shape index (κ1) is 17.7. The van der Waals surface area contributed by atoms with E-state index in [-0.39, 0.29) is 22.9 Å². The molecule has 4 aromatic rings. The summed E-state index contributed by atoms with van der Waals surface area (Å²) >= 11 is 0. The van der Waals surface area contributed by atoms with E-state index in [0.717, 1.165) is 0 Å². The lowest BCUT2D eigenvalue weighted by atomic mass is 10.0. The first-order valence-corrected chi connectivity index (χ1v) is 8.08. The number of ether oxygens (including phenoxy) is 1. The van der Waals surface area contributed by atoms with Gasteiger partial charge in [0.05, 0.1) is 5.52 Å². The van der Waals surface area contributed by atoms with Gasteiger partial charge >= 0.3 is 6.61 Å². The number of nitrogens with two attached hydrogens (primary N) is 1. The van der Waals surface area contributed by atoms with Crippen molar-refractivity contribution in [1.82, 2.24) is 24.7 Å². The Labute approximate surface area is 156 Å². The molecule has 2 N–H and O–H groups in total. The molecule has 0 saturated carbocycles.